The van der Waals surface area contributed by atoms with Crippen molar-refractivity contribution in [2.75, 3.05) is 44.3 Å². The summed E-state index contributed by atoms with van der Waals surface area (Å²) >= 11 is 6.02. The van der Waals surface area contributed by atoms with Gasteiger partial charge < -0.3 is 24.5 Å². The molecule has 1 fully saturated rings. The van der Waals surface area contributed by atoms with Crippen molar-refractivity contribution in [3.8, 4) is 0 Å². The summed E-state index contributed by atoms with van der Waals surface area (Å²) in [5, 5.41) is 3.64. The number of anilines is 2. The third-order valence-corrected chi connectivity index (χ3v) is 6.77. The number of nitrogens with zero attached hydrogens (tertiary/aromatic N) is 6. The van der Waals surface area contributed by atoms with E-state index in [1.54, 1.807) is 35.4 Å². The van der Waals surface area contributed by atoms with Crippen molar-refractivity contribution in [1.29, 1.82) is 0 Å². The van der Waals surface area contributed by atoms with Gasteiger partial charge in [0.15, 0.2) is 5.58 Å². The van der Waals surface area contributed by atoms with Gasteiger partial charge in [-0.05, 0) is 38.2 Å². The van der Waals surface area contributed by atoms with E-state index in [-0.39, 0.29) is 23.8 Å². The highest BCUT2D eigenvalue weighted by Gasteiger charge is 2.30. The van der Waals surface area contributed by atoms with E-state index in [9.17, 15) is 9.59 Å². The first-order valence-electron chi connectivity index (χ1n) is 12.0. The summed E-state index contributed by atoms with van der Waals surface area (Å²) in [5.41, 5.74) is 8.01. The summed E-state index contributed by atoms with van der Waals surface area (Å²) in [6, 6.07) is 4.99. The molecule has 2 amide bonds. The lowest BCUT2D eigenvalue weighted by atomic mass is 10.2. The second kappa shape index (κ2) is 10.2. The van der Waals surface area contributed by atoms with Crippen LogP contribution in [0.2, 0.25) is 5.02 Å². The Balaban J connectivity index is 1.38. The Hall–Kier alpha value is -3.96. The topological polar surface area (TPSA) is 135 Å². The number of carbonyl (C=O) groups is 2. The van der Waals surface area contributed by atoms with Crippen LogP contribution in [0, 0.1) is 0 Å². The quantitative estimate of drug-likeness (QED) is 0.353. The van der Waals surface area contributed by atoms with Crippen LogP contribution in [-0.4, -0.2) is 74.4 Å². The summed E-state index contributed by atoms with van der Waals surface area (Å²) in [4.78, 5) is 42.7. The zero-order valence-corrected chi connectivity index (χ0v) is 21.3. The van der Waals surface area contributed by atoms with Gasteiger partial charge in [0.25, 0.3) is 5.91 Å². The van der Waals surface area contributed by atoms with Crippen LogP contribution >= 0.6 is 11.6 Å². The van der Waals surface area contributed by atoms with Crippen molar-refractivity contribution in [2.24, 2.45) is 0 Å². The number of rotatable bonds is 7. The molecule has 0 aliphatic carbocycles. The number of nitrogens with two attached hydrogens (primary N) is 1. The minimum Gasteiger partial charge on any atom is -0.423 e. The molecule has 5 rings (SSSR count). The second-order valence-electron chi connectivity index (χ2n) is 8.98. The molecule has 3 N–H and O–H groups in total. The Morgan fingerprint density at radius 2 is 2.19 bits per heavy atom. The Kier molecular flexibility index (Phi) is 6.81. The molecule has 12 heteroatoms. The Bertz CT molecular complexity index is 1510. The third kappa shape index (κ3) is 5.00. The van der Waals surface area contributed by atoms with Crippen molar-refractivity contribution < 1.29 is 14.0 Å². The van der Waals surface area contributed by atoms with Gasteiger partial charge in [-0.2, -0.15) is 4.98 Å². The van der Waals surface area contributed by atoms with Gasteiger partial charge in [-0.25, -0.2) is 9.97 Å². The van der Waals surface area contributed by atoms with Gasteiger partial charge in [0.05, 0.1) is 17.0 Å². The van der Waals surface area contributed by atoms with Gasteiger partial charge >= 0.3 is 6.01 Å². The summed E-state index contributed by atoms with van der Waals surface area (Å²) in [7, 11) is 2.00. The molecule has 0 saturated carbocycles. The first-order chi connectivity index (χ1) is 17.8. The van der Waals surface area contributed by atoms with E-state index in [4.69, 9.17) is 21.8 Å². The molecule has 11 nitrogen and oxygen atoms in total. The van der Waals surface area contributed by atoms with E-state index in [1.165, 1.54) is 6.33 Å². The molecule has 0 radical (unpaired) electrons. The number of oxazole rings is 1. The predicted octanol–water partition coefficient (Wildman–Crippen LogP) is 3.34. The van der Waals surface area contributed by atoms with Gasteiger partial charge in [0.2, 0.25) is 5.91 Å². The molecule has 1 aromatic carbocycles. The summed E-state index contributed by atoms with van der Waals surface area (Å²) in [6.45, 7) is 4.78. The average Bonchev–Trinajstić information content (AvgIpc) is 3.60. The summed E-state index contributed by atoms with van der Waals surface area (Å²) in [6.07, 6.45) is 7.28. The molecule has 4 heterocycles. The second-order valence-corrected chi connectivity index (χ2v) is 9.41. The predicted molar refractivity (Wildman–Crippen MR) is 141 cm³/mol. The number of likely N-dealkylation sites (tertiary alicyclic amines) is 1. The van der Waals surface area contributed by atoms with Gasteiger partial charge in [-0.3, -0.25) is 14.9 Å². The van der Waals surface area contributed by atoms with E-state index in [1.807, 2.05) is 17.7 Å². The number of amides is 2. The summed E-state index contributed by atoms with van der Waals surface area (Å²) < 4.78 is 7.53. The molecule has 3 aromatic heterocycles. The lowest BCUT2D eigenvalue weighted by Gasteiger charge is -2.16. The van der Waals surface area contributed by atoms with Crippen molar-refractivity contribution in [1.82, 2.24) is 29.3 Å². The SMILES string of the molecule is CCN(C)C/C=C/C(=O)N1CCC(n2cc(C(=O)Nc3nc4cc(Cl)ccc4o3)c3c(N)ncnc32)C1. The van der Waals surface area contributed by atoms with Crippen LogP contribution in [0.15, 0.2) is 47.3 Å². The van der Waals surface area contributed by atoms with Crippen LogP contribution in [0.5, 0.6) is 0 Å². The normalized spacial score (nSPS) is 16.0. The Morgan fingerprint density at radius 3 is 3.00 bits per heavy atom. The van der Waals surface area contributed by atoms with Crippen molar-refractivity contribution >= 4 is 57.4 Å². The Labute approximate surface area is 217 Å². The average molecular weight is 523 g/mol. The molecule has 1 saturated heterocycles. The smallest absolute Gasteiger partial charge is 0.302 e. The van der Waals surface area contributed by atoms with Gasteiger partial charge in [-0.1, -0.05) is 24.6 Å². The molecule has 37 heavy (non-hydrogen) atoms. The van der Waals surface area contributed by atoms with Crippen molar-refractivity contribution in [3.05, 3.63) is 53.5 Å². The van der Waals surface area contributed by atoms with Gasteiger partial charge in [0.1, 0.15) is 23.3 Å². The van der Waals surface area contributed by atoms with Crippen LogP contribution in [-0.2, 0) is 4.79 Å². The first-order valence-corrected chi connectivity index (χ1v) is 12.3. The van der Waals surface area contributed by atoms with Crippen LogP contribution in [0.4, 0.5) is 11.8 Å². The van der Waals surface area contributed by atoms with E-state index in [2.05, 4.69) is 32.1 Å². The van der Waals surface area contributed by atoms with Crippen LogP contribution in [0.3, 0.4) is 0 Å². The fourth-order valence-corrected chi connectivity index (χ4v) is 4.58. The molecule has 4 aromatic rings. The number of benzene rings is 1. The molecule has 192 valence electrons. The molecular weight excluding hydrogens is 496 g/mol. The van der Waals surface area contributed by atoms with E-state index in [0.29, 0.717) is 52.4 Å². The van der Waals surface area contributed by atoms with Crippen LogP contribution < -0.4 is 11.1 Å². The molecule has 1 aliphatic heterocycles. The number of fused-ring (bicyclic) bond motifs is 2. The molecular formula is C25H27ClN8O3. The monoisotopic (exact) mass is 522 g/mol. The van der Waals surface area contributed by atoms with E-state index in [0.717, 1.165) is 13.0 Å². The summed E-state index contributed by atoms with van der Waals surface area (Å²) in [5.74, 6) is -0.310. The first kappa shape index (κ1) is 24.7. The van der Waals surface area contributed by atoms with Gasteiger partial charge in [-0.15, -0.1) is 0 Å². The lowest BCUT2D eigenvalue weighted by Crippen LogP contribution is -2.27. The minimum absolute atomic E-state index is 0.0355. The number of hydrogen-bond acceptors (Lipinski definition) is 8. The number of aromatic nitrogens is 4. The van der Waals surface area contributed by atoms with E-state index < -0.39 is 5.91 Å². The highest BCUT2D eigenvalue weighted by atomic mass is 35.5. The highest BCUT2D eigenvalue weighted by molar-refractivity contribution is 6.31. The molecule has 0 bridgehead atoms. The lowest BCUT2D eigenvalue weighted by molar-refractivity contribution is -0.125. The highest BCUT2D eigenvalue weighted by Crippen LogP contribution is 2.31. The molecule has 1 atom stereocenters. The largest absolute Gasteiger partial charge is 0.423 e. The zero-order valence-electron chi connectivity index (χ0n) is 20.5. The molecule has 1 aliphatic rings. The standard InChI is InChI=1S/C25H27ClN8O3/c1-3-32(2)9-4-5-20(35)33-10-8-16(12-33)34-13-17(21-22(27)28-14-29-23(21)34)24(36)31-25-30-18-11-15(26)6-7-19(18)37-25/h4-7,11,13-14,16H,3,8-10,12H2,1-2H3,(H2,27,28,29)(H,30,31,36)/b5-4+. The maximum Gasteiger partial charge on any atom is 0.302 e. The maximum atomic E-state index is 13.3. The molecule has 0 spiro atoms. The number of nitrogen functional groups attached to an aromatic ring is 1. The maximum absolute atomic E-state index is 13.3. The fourth-order valence-electron chi connectivity index (χ4n) is 4.41. The zero-order chi connectivity index (χ0) is 26.1. The number of likely N-dealkylation sites (N-methyl/N-ethyl adjacent to an activating group) is 1. The van der Waals surface area contributed by atoms with Crippen LogP contribution in [0.25, 0.3) is 22.1 Å². The number of halogens is 1. The third-order valence-electron chi connectivity index (χ3n) is 6.54. The Morgan fingerprint density at radius 1 is 1.35 bits per heavy atom. The van der Waals surface area contributed by atoms with E-state index >= 15 is 0 Å². The number of hydrogen-bond donors (Lipinski definition) is 2. The van der Waals surface area contributed by atoms with Crippen LogP contribution in [0.1, 0.15) is 29.7 Å². The van der Waals surface area contributed by atoms with Crippen molar-refractivity contribution in [3.63, 3.8) is 0 Å². The number of carbonyl (C=O) groups excluding carboxylic acids is 2. The minimum atomic E-state index is -0.461. The number of nitrogens with one attached hydrogen (secondary N) is 1. The molecule has 1 unspecified atom stereocenters. The van der Waals surface area contributed by atoms with Crippen molar-refractivity contribution in [2.45, 2.75) is 19.4 Å². The fraction of sp³-hybridized carbons (Fsp3) is 0.320. The van der Waals surface area contributed by atoms with Gasteiger partial charge in [0, 0.05) is 36.9 Å².